The number of hydrogen-bond donors (Lipinski definition) is 1. The largest absolute Gasteiger partial charge is 0.294 e. The Balaban J connectivity index is 1.65. The van der Waals surface area contributed by atoms with Gasteiger partial charge in [-0.2, -0.15) is 0 Å². The molecule has 114 valence electrons. The van der Waals surface area contributed by atoms with E-state index >= 15 is 0 Å². The number of anilines is 1. The molecule has 2 atom stereocenters. The minimum atomic E-state index is -0.139. The van der Waals surface area contributed by atoms with E-state index in [1.54, 1.807) is 30.2 Å². The highest BCUT2D eigenvalue weighted by molar-refractivity contribution is 8.00. The summed E-state index contributed by atoms with van der Waals surface area (Å²) in [6.07, 6.45) is 6.70. The molecule has 2 aromatic rings. The van der Waals surface area contributed by atoms with E-state index in [0.717, 1.165) is 12.8 Å². The molecule has 1 aromatic heterocycles. The lowest BCUT2D eigenvalue weighted by Gasteiger charge is -2.27. The Hall–Kier alpha value is -1.88. The van der Waals surface area contributed by atoms with Crippen LogP contribution in [-0.2, 0) is 11.2 Å². The summed E-state index contributed by atoms with van der Waals surface area (Å²) < 4.78 is 0. The molecule has 1 amide bonds. The zero-order chi connectivity index (χ0) is 15.4. The van der Waals surface area contributed by atoms with Crippen LogP contribution in [0.4, 0.5) is 5.95 Å². The maximum absolute atomic E-state index is 12.3. The zero-order valence-electron chi connectivity index (χ0n) is 12.5. The van der Waals surface area contributed by atoms with E-state index in [4.69, 9.17) is 0 Å². The minimum Gasteiger partial charge on any atom is -0.294 e. The fourth-order valence-electron chi connectivity index (χ4n) is 2.73. The maximum Gasteiger partial charge on any atom is 0.239 e. The summed E-state index contributed by atoms with van der Waals surface area (Å²) in [7, 11) is 0. The summed E-state index contributed by atoms with van der Waals surface area (Å²) in [6.45, 7) is 1.94. The SMILES string of the molecule is C[C@H](S[C@@H]1CCCc2ccccc21)C(=O)Nc1ncccn1. The molecule has 1 aromatic carbocycles. The summed E-state index contributed by atoms with van der Waals surface area (Å²) >= 11 is 1.72. The molecule has 0 fully saturated rings. The highest BCUT2D eigenvalue weighted by Gasteiger charge is 2.25. The molecule has 0 saturated heterocycles. The van der Waals surface area contributed by atoms with E-state index < -0.39 is 0 Å². The topological polar surface area (TPSA) is 54.9 Å². The number of rotatable bonds is 4. The van der Waals surface area contributed by atoms with Gasteiger partial charge >= 0.3 is 0 Å². The molecule has 0 spiro atoms. The third-order valence-electron chi connectivity index (χ3n) is 3.85. The number of aryl methyl sites for hydroxylation is 1. The van der Waals surface area contributed by atoms with Crippen molar-refractivity contribution < 1.29 is 4.79 Å². The van der Waals surface area contributed by atoms with Crippen molar-refractivity contribution in [1.82, 2.24) is 9.97 Å². The molecule has 0 unspecified atom stereocenters. The Bertz CT molecular complexity index is 647. The van der Waals surface area contributed by atoms with Crippen LogP contribution in [0, 0.1) is 0 Å². The first-order valence-corrected chi connectivity index (χ1v) is 8.49. The van der Waals surface area contributed by atoms with E-state index in [1.807, 2.05) is 6.92 Å². The summed E-state index contributed by atoms with van der Waals surface area (Å²) in [6, 6.07) is 10.3. The number of nitrogens with zero attached hydrogens (tertiary/aromatic N) is 2. The molecule has 4 nitrogen and oxygen atoms in total. The number of amides is 1. The number of carbonyl (C=O) groups excluding carboxylic acids is 1. The number of hydrogen-bond acceptors (Lipinski definition) is 4. The normalized spacial score (nSPS) is 18.3. The van der Waals surface area contributed by atoms with Gasteiger partial charge in [-0.1, -0.05) is 24.3 Å². The van der Waals surface area contributed by atoms with Gasteiger partial charge in [-0.3, -0.25) is 10.1 Å². The lowest BCUT2D eigenvalue weighted by Crippen LogP contribution is -2.25. The van der Waals surface area contributed by atoms with Crippen molar-refractivity contribution in [3.8, 4) is 0 Å². The Morgan fingerprint density at radius 3 is 2.86 bits per heavy atom. The molecule has 0 aliphatic heterocycles. The molecule has 1 aliphatic rings. The first kappa shape index (κ1) is 15.0. The first-order valence-electron chi connectivity index (χ1n) is 7.55. The summed E-state index contributed by atoms with van der Waals surface area (Å²) in [4.78, 5) is 20.3. The van der Waals surface area contributed by atoms with Gasteiger partial charge < -0.3 is 0 Å². The number of fused-ring (bicyclic) bond motifs is 1. The van der Waals surface area contributed by atoms with E-state index in [2.05, 4.69) is 39.6 Å². The van der Waals surface area contributed by atoms with Gasteiger partial charge in [-0.15, -0.1) is 11.8 Å². The summed E-state index contributed by atoms with van der Waals surface area (Å²) in [5.74, 6) is 0.322. The Labute approximate surface area is 134 Å². The van der Waals surface area contributed by atoms with Gasteiger partial charge in [0.05, 0.1) is 5.25 Å². The number of carbonyl (C=O) groups is 1. The van der Waals surface area contributed by atoms with Crippen LogP contribution in [0.5, 0.6) is 0 Å². The number of nitrogens with one attached hydrogen (secondary N) is 1. The lowest BCUT2D eigenvalue weighted by molar-refractivity contribution is -0.115. The number of thioether (sulfide) groups is 1. The molecule has 5 heteroatoms. The number of benzene rings is 1. The van der Waals surface area contributed by atoms with Crippen molar-refractivity contribution in [3.05, 3.63) is 53.9 Å². The van der Waals surface area contributed by atoms with Gasteiger partial charge in [0.2, 0.25) is 11.9 Å². The van der Waals surface area contributed by atoms with Crippen molar-refractivity contribution in [2.75, 3.05) is 5.32 Å². The number of aromatic nitrogens is 2. The highest BCUT2D eigenvalue weighted by Crippen LogP contribution is 2.41. The van der Waals surface area contributed by atoms with Crippen LogP contribution in [0.1, 0.15) is 36.1 Å². The van der Waals surface area contributed by atoms with Crippen LogP contribution >= 0.6 is 11.8 Å². The third kappa shape index (κ3) is 3.47. The smallest absolute Gasteiger partial charge is 0.239 e. The first-order chi connectivity index (χ1) is 10.7. The molecule has 1 N–H and O–H groups in total. The second kappa shape index (κ2) is 6.92. The average molecular weight is 313 g/mol. The Morgan fingerprint density at radius 1 is 1.27 bits per heavy atom. The predicted octanol–water partition coefficient (Wildman–Crippen LogP) is 3.61. The lowest BCUT2D eigenvalue weighted by atomic mass is 9.91. The Kier molecular flexibility index (Phi) is 4.73. The van der Waals surface area contributed by atoms with Crippen molar-refractivity contribution in [2.45, 2.75) is 36.7 Å². The van der Waals surface area contributed by atoms with Crippen molar-refractivity contribution in [3.63, 3.8) is 0 Å². The van der Waals surface area contributed by atoms with Gasteiger partial charge in [-0.05, 0) is 43.4 Å². The van der Waals surface area contributed by atoms with Gasteiger partial charge in [0, 0.05) is 17.6 Å². The molecule has 1 heterocycles. The Morgan fingerprint density at radius 2 is 2.05 bits per heavy atom. The van der Waals surface area contributed by atoms with Crippen molar-refractivity contribution in [1.29, 1.82) is 0 Å². The van der Waals surface area contributed by atoms with Crippen LogP contribution in [0.25, 0.3) is 0 Å². The molecule has 0 saturated carbocycles. The van der Waals surface area contributed by atoms with Gasteiger partial charge in [0.25, 0.3) is 0 Å². The highest BCUT2D eigenvalue weighted by atomic mass is 32.2. The molecular weight excluding hydrogens is 294 g/mol. The van der Waals surface area contributed by atoms with E-state index in [1.165, 1.54) is 17.5 Å². The van der Waals surface area contributed by atoms with Crippen LogP contribution in [0.3, 0.4) is 0 Å². The second-order valence-corrected chi connectivity index (χ2v) is 6.97. The standard InChI is InChI=1S/C17H19N3OS/c1-12(16(21)20-17-18-10-5-11-19-17)22-15-9-4-7-13-6-2-3-8-14(13)15/h2-3,5-6,8,10-12,15H,4,7,9H2,1H3,(H,18,19,20,21)/t12-,15+/m0/s1. The fraction of sp³-hybridized carbons (Fsp3) is 0.353. The van der Waals surface area contributed by atoms with Crippen LogP contribution in [0.2, 0.25) is 0 Å². The van der Waals surface area contributed by atoms with Crippen molar-refractivity contribution >= 4 is 23.6 Å². The van der Waals surface area contributed by atoms with E-state index in [9.17, 15) is 4.79 Å². The van der Waals surface area contributed by atoms with Crippen molar-refractivity contribution in [2.24, 2.45) is 0 Å². The molecule has 0 bridgehead atoms. The summed E-state index contributed by atoms with van der Waals surface area (Å²) in [5, 5.41) is 3.03. The maximum atomic E-state index is 12.3. The molecular formula is C17H19N3OS. The fourth-order valence-corrected chi connectivity index (χ4v) is 4.09. The average Bonchev–Trinajstić information content (AvgIpc) is 2.56. The third-order valence-corrected chi connectivity index (χ3v) is 5.29. The summed E-state index contributed by atoms with van der Waals surface area (Å²) in [5.41, 5.74) is 2.81. The van der Waals surface area contributed by atoms with Gasteiger partial charge in [-0.25, -0.2) is 9.97 Å². The second-order valence-electron chi connectivity index (χ2n) is 5.42. The monoisotopic (exact) mass is 313 g/mol. The molecule has 1 aliphatic carbocycles. The van der Waals surface area contributed by atoms with Crippen LogP contribution in [-0.4, -0.2) is 21.1 Å². The predicted molar refractivity (Wildman–Crippen MR) is 89.8 cm³/mol. The molecule has 3 rings (SSSR count). The van der Waals surface area contributed by atoms with Gasteiger partial charge in [0.1, 0.15) is 0 Å². The molecule has 0 radical (unpaired) electrons. The van der Waals surface area contributed by atoms with Crippen LogP contribution in [0.15, 0.2) is 42.7 Å². The van der Waals surface area contributed by atoms with Gasteiger partial charge in [0.15, 0.2) is 0 Å². The van der Waals surface area contributed by atoms with E-state index in [-0.39, 0.29) is 11.2 Å². The molecule has 22 heavy (non-hydrogen) atoms. The quantitative estimate of drug-likeness (QED) is 0.937. The zero-order valence-corrected chi connectivity index (χ0v) is 13.3. The minimum absolute atomic E-state index is 0.0424. The van der Waals surface area contributed by atoms with E-state index in [0.29, 0.717) is 11.2 Å². The van der Waals surface area contributed by atoms with Crippen LogP contribution < -0.4 is 5.32 Å².